The maximum Gasteiger partial charge on any atom is 0.118 e. The van der Waals surface area contributed by atoms with Gasteiger partial charge in [-0.3, -0.25) is 0 Å². The Bertz CT molecular complexity index is 863. The summed E-state index contributed by atoms with van der Waals surface area (Å²) in [7, 11) is 1.72. The highest BCUT2D eigenvalue weighted by Gasteiger charge is 2.21. The smallest absolute Gasteiger partial charge is 0.118 e. The minimum atomic E-state index is 0.629. The van der Waals surface area contributed by atoms with E-state index in [0.717, 1.165) is 18.7 Å². The zero-order valence-corrected chi connectivity index (χ0v) is 17.4. The van der Waals surface area contributed by atoms with E-state index in [0.29, 0.717) is 6.04 Å². The summed E-state index contributed by atoms with van der Waals surface area (Å²) in [6, 6.07) is 18.1. The quantitative estimate of drug-likeness (QED) is 0.491. The second-order valence-corrected chi connectivity index (χ2v) is 8.34. The lowest BCUT2D eigenvalue weighted by atomic mass is 10.0. The second kappa shape index (κ2) is 8.01. The van der Waals surface area contributed by atoms with Crippen molar-refractivity contribution in [1.82, 2.24) is 9.47 Å². The average molecular weight is 460 g/mol. The van der Waals surface area contributed by atoms with Crippen LogP contribution in [-0.2, 0) is 6.42 Å². The molecule has 1 fully saturated rings. The van der Waals surface area contributed by atoms with Crippen LogP contribution in [0, 0.1) is 3.57 Å². The van der Waals surface area contributed by atoms with Gasteiger partial charge in [0.05, 0.1) is 7.11 Å². The summed E-state index contributed by atoms with van der Waals surface area (Å²) in [5.74, 6) is 0.934. The van der Waals surface area contributed by atoms with Gasteiger partial charge < -0.3 is 14.2 Å². The van der Waals surface area contributed by atoms with Gasteiger partial charge in [-0.05, 0) is 83.8 Å². The van der Waals surface area contributed by atoms with Crippen molar-refractivity contribution in [3.8, 4) is 5.75 Å². The molecule has 0 amide bonds. The molecule has 0 N–H and O–H groups in total. The molecule has 26 heavy (non-hydrogen) atoms. The van der Waals surface area contributed by atoms with E-state index < -0.39 is 0 Å². The van der Waals surface area contributed by atoms with Gasteiger partial charge >= 0.3 is 0 Å². The van der Waals surface area contributed by atoms with Gasteiger partial charge in [-0.2, -0.15) is 0 Å². The Labute approximate surface area is 169 Å². The zero-order valence-electron chi connectivity index (χ0n) is 15.2. The molecule has 4 rings (SSSR count). The Hall–Kier alpha value is -1.53. The zero-order chi connectivity index (χ0) is 17.9. The fourth-order valence-electron chi connectivity index (χ4n) is 3.95. The molecular formula is C22H25IN2O. The molecule has 1 aromatic heterocycles. The number of piperidine rings is 1. The number of hydrogen-bond acceptors (Lipinski definition) is 2. The molecule has 0 bridgehead atoms. The van der Waals surface area contributed by atoms with Crippen LogP contribution in [0.15, 0.2) is 54.7 Å². The Balaban J connectivity index is 1.33. The number of likely N-dealkylation sites (tertiary alicyclic amines) is 1. The van der Waals surface area contributed by atoms with E-state index in [2.05, 4.69) is 86.8 Å². The lowest BCUT2D eigenvalue weighted by Crippen LogP contribution is -2.35. The van der Waals surface area contributed by atoms with Gasteiger partial charge in [0.2, 0.25) is 0 Å². The summed E-state index contributed by atoms with van der Waals surface area (Å²) in [5, 5.41) is 1.36. The van der Waals surface area contributed by atoms with E-state index in [1.807, 2.05) is 0 Å². The third-order valence-corrected chi connectivity index (χ3v) is 6.18. The molecule has 4 heteroatoms. The van der Waals surface area contributed by atoms with Crippen molar-refractivity contribution in [2.24, 2.45) is 0 Å². The van der Waals surface area contributed by atoms with Crippen LogP contribution in [0.1, 0.15) is 24.4 Å². The largest absolute Gasteiger partial charge is 0.497 e. The number of fused-ring (bicyclic) bond motifs is 1. The lowest BCUT2D eigenvalue weighted by molar-refractivity contribution is 0.190. The second-order valence-electron chi connectivity index (χ2n) is 7.10. The van der Waals surface area contributed by atoms with Crippen molar-refractivity contribution >= 4 is 33.5 Å². The molecular weight excluding hydrogens is 435 g/mol. The molecule has 0 saturated carbocycles. The number of hydrogen-bond donors (Lipinski definition) is 0. The number of aromatic nitrogens is 1. The van der Waals surface area contributed by atoms with Gasteiger partial charge in [-0.15, -0.1) is 0 Å². The normalized spacial score (nSPS) is 16.2. The molecule has 2 aromatic carbocycles. The Morgan fingerprint density at radius 3 is 2.54 bits per heavy atom. The van der Waals surface area contributed by atoms with Gasteiger partial charge in [0.25, 0.3) is 0 Å². The number of halogens is 1. The van der Waals surface area contributed by atoms with Gasteiger partial charge in [-0.25, -0.2) is 0 Å². The maximum absolute atomic E-state index is 5.23. The fraction of sp³-hybridized carbons (Fsp3) is 0.364. The first-order valence-corrected chi connectivity index (χ1v) is 10.4. The van der Waals surface area contributed by atoms with Crippen LogP contribution >= 0.6 is 22.6 Å². The highest BCUT2D eigenvalue weighted by molar-refractivity contribution is 14.1. The summed E-state index contributed by atoms with van der Waals surface area (Å²) in [6.45, 7) is 3.51. The molecule has 1 aliphatic rings. The topological polar surface area (TPSA) is 17.4 Å². The Morgan fingerprint density at radius 1 is 1.04 bits per heavy atom. The average Bonchev–Trinajstić information content (AvgIpc) is 3.10. The van der Waals surface area contributed by atoms with E-state index >= 15 is 0 Å². The van der Waals surface area contributed by atoms with E-state index in [4.69, 9.17) is 4.74 Å². The number of methoxy groups -OCH3 is 1. The molecule has 1 saturated heterocycles. The highest BCUT2D eigenvalue weighted by atomic mass is 127. The van der Waals surface area contributed by atoms with E-state index in [1.54, 1.807) is 7.11 Å². The molecule has 0 unspecified atom stereocenters. The van der Waals surface area contributed by atoms with Crippen molar-refractivity contribution in [1.29, 1.82) is 0 Å². The highest BCUT2D eigenvalue weighted by Crippen LogP contribution is 2.28. The Kier molecular flexibility index (Phi) is 5.50. The first-order chi connectivity index (χ1) is 12.7. The third kappa shape index (κ3) is 3.91. The lowest BCUT2D eigenvalue weighted by Gasteiger charge is -2.33. The molecule has 0 atom stereocenters. The molecule has 0 spiro atoms. The van der Waals surface area contributed by atoms with Gasteiger partial charge in [0.15, 0.2) is 0 Å². The SMILES string of the molecule is COc1ccc(CCN2CCC(n3ccc4cc(I)ccc43)CC2)cc1. The summed E-state index contributed by atoms with van der Waals surface area (Å²) in [6.07, 6.45) is 5.86. The molecule has 2 heterocycles. The van der Waals surface area contributed by atoms with Crippen LogP contribution in [-0.4, -0.2) is 36.2 Å². The number of ether oxygens (including phenoxy) is 1. The fourth-order valence-corrected chi connectivity index (χ4v) is 4.47. The van der Waals surface area contributed by atoms with Crippen LogP contribution in [0.5, 0.6) is 5.75 Å². The maximum atomic E-state index is 5.23. The monoisotopic (exact) mass is 460 g/mol. The van der Waals surface area contributed by atoms with E-state index in [9.17, 15) is 0 Å². The first kappa shape index (κ1) is 17.9. The predicted molar refractivity (Wildman–Crippen MR) is 116 cm³/mol. The van der Waals surface area contributed by atoms with Crippen molar-refractivity contribution in [2.45, 2.75) is 25.3 Å². The van der Waals surface area contributed by atoms with Crippen LogP contribution in [0.2, 0.25) is 0 Å². The first-order valence-electron chi connectivity index (χ1n) is 9.34. The summed E-state index contributed by atoms with van der Waals surface area (Å²) in [4.78, 5) is 2.61. The van der Waals surface area contributed by atoms with E-state index in [-0.39, 0.29) is 0 Å². The van der Waals surface area contributed by atoms with Crippen LogP contribution < -0.4 is 4.74 Å². The van der Waals surface area contributed by atoms with Crippen molar-refractivity contribution in [2.75, 3.05) is 26.7 Å². The molecule has 1 aliphatic heterocycles. The van der Waals surface area contributed by atoms with Crippen LogP contribution in [0.4, 0.5) is 0 Å². The van der Waals surface area contributed by atoms with Gasteiger partial charge in [-0.1, -0.05) is 12.1 Å². The van der Waals surface area contributed by atoms with Crippen LogP contribution in [0.25, 0.3) is 10.9 Å². The molecule has 0 radical (unpaired) electrons. The van der Waals surface area contributed by atoms with Crippen molar-refractivity contribution in [3.63, 3.8) is 0 Å². The number of benzene rings is 2. The molecule has 3 aromatic rings. The van der Waals surface area contributed by atoms with Gasteiger partial charge in [0.1, 0.15) is 5.75 Å². The number of nitrogens with zero attached hydrogens (tertiary/aromatic N) is 2. The van der Waals surface area contributed by atoms with Crippen molar-refractivity contribution in [3.05, 3.63) is 63.9 Å². The molecule has 3 nitrogen and oxygen atoms in total. The summed E-state index contributed by atoms with van der Waals surface area (Å²) < 4.78 is 9.03. The summed E-state index contributed by atoms with van der Waals surface area (Å²) >= 11 is 2.39. The molecule has 136 valence electrons. The third-order valence-electron chi connectivity index (χ3n) is 5.51. The minimum absolute atomic E-state index is 0.629. The number of rotatable bonds is 5. The van der Waals surface area contributed by atoms with Gasteiger partial charge in [0, 0.05) is 46.3 Å². The molecule has 0 aliphatic carbocycles. The van der Waals surface area contributed by atoms with Crippen molar-refractivity contribution < 1.29 is 4.74 Å². The van der Waals surface area contributed by atoms with Crippen LogP contribution in [0.3, 0.4) is 0 Å². The van der Waals surface area contributed by atoms with E-state index in [1.165, 1.54) is 46.0 Å². The Morgan fingerprint density at radius 2 is 1.81 bits per heavy atom. The standard InChI is InChI=1S/C22H25IN2O/c1-26-21-5-2-17(3-6-21)8-12-24-13-10-20(11-14-24)25-15-9-18-16-19(23)4-7-22(18)25/h2-7,9,15-16,20H,8,10-14H2,1H3. The minimum Gasteiger partial charge on any atom is -0.497 e. The summed E-state index contributed by atoms with van der Waals surface area (Å²) in [5.41, 5.74) is 2.76. The predicted octanol–water partition coefficient (Wildman–Crippen LogP) is 5.13.